The van der Waals surface area contributed by atoms with E-state index in [4.69, 9.17) is 44.3 Å². The molecular formula is C23H17Cl3N2O4. The van der Waals surface area contributed by atoms with Crippen LogP contribution in [0.5, 0.6) is 11.5 Å². The number of hydrazone groups is 1. The Bertz CT molecular complexity index is 1180. The molecule has 0 bridgehead atoms. The van der Waals surface area contributed by atoms with E-state index in [1.54, 1.807) is 49.4 Å². The average Bonchev–Trinajstić information content (AvgIpc) is 2.75. The van der Waals surface area contributed by atoms with Crippen molar-refractivity contribution in [3.8, 4) is 11.5 Å². The SMILES string of the molecule is CCOc1cc(/C=N/NC(=O)c2cccc(Cl)c2)ccc1OC(=O)c1ccc(Cl)cc1Cl. The number of nitrogens with one attached hydrogen (secondary N) is 1. The lowest BCUT2D eigenvalue weighted by atomic mass is 10.2. The molecule has 32 heavy (non-hydrogen) atoms. The minimum Gasteiger partial charge on any atom is -0.490 e. The van der Waals surface area contributed by atoms with Crippen molar-refractivity contribution < 1.29 is 19.1 Å². The van der Waals surface area contributed by atoms with Crippen LogP contribution in [0, 0.1) is 0 Å². The van der Waals surface area contributed by atoms with Crippen molar-refractivity contribution in [2.45, 2.75) is 6.92 Å². The van der Waals surface area contributed by atoms with Crippen molar-refractivity contribution in [1.82, 2.24) is 5.43 Å². The van der Waals surface area contributed by atoms with Gasteiger partial charge in [0.15, 0.2) is 11.5 Å². The highest BCUT2D eigenvalue weighted by Gasteiger charge is 2.16. The van der Waals surface area contributed by atoms with E-state index >= 15 is 0 Å². The zero-order chi connectivity index (χ0) is 23.1. The fourth-order valence-electron chi connectivity index (χ4n) is 2.63. The molecule has 0 saturated carbocycles. The van der Waals surface area contributed by atoms with Crippen LogP contribution in [0.3, 0.4) is 0 Å². The topological polar surface area (TPSA) is 77.0 Å². The summed E-state index contributed by atoms with van der Waals surface area (Å²) in [5.41, 5.74) is 3.60. The van der Waals surface area contributed by atoms with Crippen LogP contribution < -0.4 is 14.9 Å². The Kier molecular flexibility index (Phi) is 8.11. The molecule has 0 aliphatic heterocycles. The third-order valence-electron chi connectivity index (χ3n) is 4.09. The van der Waals surface area contributed by atoms with Gasteiger partial charge in [-0.3, -0.25) is 4.79 Å². The molecule has 6 nitrogen and oxygen atoms in total. The molecule has 1 amide bonds. The maximum atomic E-state index is 12.5. The third kappa shape index (κ3) is 6.23. The minimum absolute atomic E-state index is 0.174. The van der Waals surface area contributed by atoms with Gasteiger partial charge in [0.1, 0.15) is 0 Å². The lowest BCUT2D eigenvalue weighted by Gasteiger charge is -2.12. The first-order chi connectivity index (χ1) is 15.4. The number of ether oxygens (including phenoxy) is 2. The van der Waals surface area contributed by atoms with Crippen LogP contribution >= 0.6 is 34.8 Å². The molecule has 0 fully saturated rings. The van der Waals surface area contributed by atoms with Gasteiger partial charge >= 0.3 is 5.97 Å². The fraction of sp³-hybridized carbons (Fsp3) is 0.0870. The van der Waals surface area contributed by atoms with Crippen LogP contribution in [-0.4, -0.2) is 24.7 Å². The summed E-state index contributed by atoms with van der Waals surface area (Å²) < 4.78 is 11.0. The van der Waals surface area contributed by atoms with E-state index in [-0.39, 0.29) is 16.3 Å². The van der Waals surface area contributed by atoms with Crippen molar-refractivity contribution in [3.63, 3.8) is 0 Å². The maximum absolute atomic E-state index is 12.5. The molecule has 3 aromatic carbocycles. The molecular weight excluding hydrogens is 475 g/mol. The van der Waals surface area contributed by atoms with E-state index in [2.05, 4.69) is 10.5 Å². The predicted octanol–water partition coefficient (Wildman–Crippen LogP) is 6.03. The van der Waals surface area contributed by atoms with E-state index < -0.39 is 11.9 Å². The predicted molar refractivity (Wildman–Crippen MR) is 126 cm³/mol. The third-order valence-corrected chi connectivity index (χ3v) is 4.87. The summed E-state index contributed by atoms with van der Waals surface area (Å²) in [5, 5.41) is 4.99. The summed E-state index contributed by atoms with van der Waals surface area (Å²) in [7, 11) is 0. The quantitative estimate of drug-likeness (QED) is 0.189. The monoisotopic (exact) mass is 490 g/mol. The second-order valence-corrected chi connectivity index (χ2v) is 7.64. The van der Waals surface area contributed by atoms with E-state index in [0.29, 0.717) is 33.5 Å². The first-order valence-corrected chi connectivity index (χ1v) is 10.5. The smallest absolute Gasteiger partial charge is 0.345 e. The zero-order valence-electron chi connectivity index (χ0n) is 16.8. The van der Waals surface area contributed by atoms with Crippen molar-refractivity contribution in [2.75, 3.05) is 6.61 Å². The van der Waals surface area contributed by atoms with E-state index in [1.807, 2.05) is 0 Å². The van der Waals surface area contributed by atoms with Gasteiger partial charge in [0.05, 0.1) is 23.4 Å². The molecule has 0 aromatic heterocycles. The number of hydrogen-bond donors (Lipinski definition) is 1. The molecule has 3 rings (SSSR count). The Balaban J connectivity index is 1.73. The normalized spacial score (nSPS) is 10.8. The van der Waals surface area contributed by atoms with Gasteiger partial charge in [-0.25, -0.2) is 10.2 Å². The van der Waals surface area contributed by atoms with Crippen molar-refractivity contribution in [1.29, 1.82) is 0 Å². The highest BCUT2D eigenvalue weighted by Crippen LogP contribution is 2.30. The standard InChI is InChI=1S/C23H17Cl3N2O4/c1-2-31-21-10-14(13-27-28-22(29)15-4-3-5-16(24)11-15)6-9-20(21)32-23(30)18-8-7-17(25)12-19(18)26/h3-13H,2H2,1H3,(H,28,29)/b27-13+. The number of esters is 1. The summed E-state index contributed by atoms with van der Waals surface area (Å²) in [4.78, 5) is 24.6. The average molecular weight is 492 g/mol. The number of halogens is 3. The second-order valence-electron chi connectivity index (χ2n) is 6.36. The molecule has 0 saturated heterocycles. The number of benzene rings is 3. The van der Waals surface area contributed by atoms with Gasteiger partial charge in [-0.2, -0.15) is 5.10 Å². The van der Waals surface area contributed by atoms with E-state index in [9.17, 15) is 9.59 Å². The van der Waals surface area contributed by atoms with Crippen LogP contribution in [0.25, 0.3) is 0 Å². The van der Waals surface area contributed by atoms with Crippen LogP contribution in [0.4, 0.5) is 0 Å². The van der Waals surface area contributed by atoms with E-state index in [0.717, 1.165) is 0 Å². The first-order valence-electron chi connectivity index (χ1n) is 9.40. The minimum atomic E-state index is -0.650. The van der Waals surface area contributed by atoms with Crippen molar-refractivity contribution in [2.24, 2.45) is 5.10 Å². The van der Waals surface area contributed by atoms with Crippen molar-refractivity contribution in [3.05, 3.63) is 92.4 Å². The number of carbonyl (C=O) groups excluding carboxylic acids is 2. The van der Waals surface area contributed by atoms with Gasteiger partial charge in [0.25, 0.3) is 5.91 Å². The van der Waals surface area contributed by atoms with Gasteiger partial charge in [-0.15, -0.1) is 0 Å². The molecule has 0 atom stereocenters. The molecule has 1 N–H and O–H groups in total. The molecule has 0 spiro atoms. The van der Waals surface area contributed by atoms with Crippen LogP contribution in [0.2, 0.25) is 15.1 Å². The summed E-state index contributed by atoms with van der Waals surface area (Å²) in [6, 6.07) is 15.8. The summed E-state index contributed by atoms with van der Waals surface area (Å²) >= 11 is 17.8. The lowest BCUT2D eigenvalue weighted by molar-refractivity contribution is 0.0728. The highest BCUT2D eigenvalue weighted by atomic mass is 35.5. The molecule has 0 aliphatic carbocycles. The molecule has 0 heterocycles. The second kappa shape index (κ2) is 11.0. The molecule has 0 aliphatic rings. The zero-order valence-corrected chi connectivity index (χ0v) is 19.0. The van der Waals surface area contributed by atoms with Crippen molar-refractivity contribution >= 4 is 52.9 Å². The maximum Gasteiger partial charge on any atom is 0.345 e. The van der Waals surface area contributed by atoms with Crippen LogP contribution in [0.1, 0.15) is 33.2 Å². The number of hydrogen-bond acceptors (Lipinski definition) is 5. The Labute approximate surface area is 199 Å². The van der Waals surface area contributed by atoms with Crippen LogP contribution in [0.15, 0.2) is 65.8 Å². The summed E-state index contributed by atoms with van der Waals surface area (Å²) in [6.45, 7) is 2.14. The van der Waals surface area contributed by atoms with Gasteiger partial charge in [-0.1, -0.05) is 40.9 Å². The molecule has 0 unspecified atom stereocenters. The lowest BCUT2D eigenvalue weighted by Crippen LogP contribution is -2.17. The van der Waals surface area contributed by atoms with Crippen LogP contribution in [-0.2, 0) is 0 Å². The number of amides is 1. The molecule has 9 heteroatoms. The molecule has 3 aromatic rings. The van der Waals surface area contributed by atoms with Gasteiger partial charge < -0.3 is 9.47 Å². The first kappa shape index (κ1) is 23.6. The molecule has 164 valence electrons. The largest absolute Gasteiger partial charge is 0.490 e. The Morgan fingerprint density at radius 2 is 1.75 bits per heavy atom. The summed E-state index contributed by atoms with van der Waals surface area (Å²) in [6.07, 6.45) is 1.44. The molecule has 0 radical (unpaired) electrons. The Morgan fingerprint density at radius 3 is 2.47 bits per heavy atom. The number of nitrogens with zero attached hydrogens (tertiary/aromatic N) is 1. The number of carbonyl (C=O) groups is 2. The Hall–Kier alpha value is -3.06. The highest BCUT2D eigenvalue weighted by molar-refractivity contribution is 6.36. The van der Waals surface area contributed by atoms with Gasteiger partial charge in [0.2, 0.25) is 0 Å². The van der Waals surface area contributed by atoms with Gasteiger partial charge in [0, 0.05) is 15.6 Å². The fourth-order valence-corrected chi connectivity index (χ4v) is 3.30. The van der Waals surface area contributed by atoms with E-state index in [1.165, 1.54) is 24.4 Å². The Morgan fingerprint density at radius 1 is 0.969 bits per heavy atom. The number of rotatable bonds is 7. The van der Waals surface area contributed by atoms with Gasteiger partial charge in [-0.05, 0) is 67.1 Å². The summed E-state index contributed by atoms with van der Waals surface area (Å²) in [5.74, 6) is -0.513.